The largest absolute Gasteiger partial charge is 0.478 e. The van der Waals surface area contributed by atoms with Crippen molar-refractivity contribution in [2.24, 2.45) is 0 Å². The molecule has 1 saturated carbocycles. The lowest BCUT2D eigenvalue weighted by molar-refractivity contribution is 0.0697. The van der Waals surface area contributed by atoms with Gasteiger partial charge >= 0.3 is 5.97 Å². The summed E-state index contributed by atoms with van der Waals surface area (Å²) in [4.78, 5) is 11.5. The Morgan fingerprint density at radius 3 is 2.62 bits per heavy atom. The molecule has 1 aromatic rings. The fraction of sp³-hybridized carbons (Fsp3) is 0.562. The highest BCUT2D eigenvalue weighted by Crippen LogP contribution is 2.26. The predicted molar refractivity (Wildman–Crippen MR) is 90.9 cm³/mol. The smallest absolute Gasteiger partial charge is 0.337 e. The molecule has 134 valence electrons. The number of carbonyl (C=O) groups is 1. The van der Waals surface area contributed by atoms with Gasteiger partial charge in [0.1, 0.15) is 0 Å². The zero-order valence-electron chi connectivity index (χ0n) is 13.9. The van der Waals surface area contributed by atoms with Gasteiger partial charge in [0.2, 0.25) is 10.0 Å². The third-order valence-electron chi connectivity index (χ3n) is 4.02. The molecule has 0 heterocycles. The molecule has 0 radical (unpaired) electrons. The van der Waals surface area contributed by atoms with E-state index in [9.17, 15) is 18.3 Å². The van der Waals surface area contributed by atoms with Crippen molar-refractivity contribution >= 4 is 21.7 Å². The van der Waals surface area contributed by atoms with E-state index in [0.717, 1.165) is 25.7 Å². The van der Waals surface area contributed by atoms with E-state index in [1.807, 2.05) is 0 Å². The highest BCUT2D eigenvalue weighted by atomic mass is 32.2. The zero-order valence-corrected chi connectivity index (χ0v) is 14.7. The zero-order chi connectivity index (χ0) is 17.7. The Morgan fingerprint density at radius 1 is 1.38 bits per heavy atom. The van der Waals surface area contributed by atoms with Crippen molar-refractivity contribution in [1.82, 2.24) is 4.72 Å². The molecule has 0 saturated heterocycles. The van der Waals surface area contributed by atoms with E-state index in [4.69, 9.17) is 4.74 Å². The summed E-state index contributed by atoms with van der Waals surface area (Å²) in [5, 5.41) is 12.6. The van der Waals surface area contributed by atoms with Gasteiger partial charge in [0.25, 0.3) is 0 Å². The lowest BCUT2D eigenvalue weighted by atomic mass is 10.1. The van der Waals surface area contributed by atoms with E-state index in [0.29, 0.717) is 5.69 Å². The number of methoxy groups -OCH3 is 1. The first-order valence-corrected chi connectivity index (χ1v) is 9.47. The molecule has 24 heavy (non-hydrogen) atoms. The van der Waals surface area contributed by atoms with Gasteiger partial charge in [0.15, 0.2) is 0 Å². The van der Waals surface area contributed by atoms with E-state index < -0.39 is 22.0 Å². The van der Waals surface area contributed by atoms with Crippen LogP contribution in [0.5, 0.6) is 0 Å². The predicted octanol–water partition coefficient (Wildman–Crippen LogP) is 2.05. The molecule has 1 aliphatic rings. The molecular formula is C16H24N2O5S. The van der Waals surface area contributed by atoms with Crippen LogP contribution in [0.15, 0.2) is 23.1 Å². The molecular weight excluding hydrogens is 332 g/mol. The summed E-state index contributed by atoms with van der Waals surface area (Å²) in [5.74, 6) is -1.16. The highest BCUT2D eigenvalue weighted by molar-refractivity contribution is 7.89. The van der Waals surface area contributed by atoms with Crippen molar-refractivity contribution in [1.29, 1.82) is 0 Å². The number of anilines is 1. The average Bonchev–Trinajstić information content (AvgIpc) is 2.99. The van der Waals surface area contributed by atoms with Gasteiger partial charge in [0, 0.05) is 24.9 Å². The van der Waals surface area contributed by atoms with Crippen LogP contribution in [0.1, 0.15) is 43.0 Å². The molecule has 0 bridgehead atoms. The third-order valence-corrected chi connectivity index (χ3v) is 5.61. The summed E-state index contributed by atoms with van der Waals surface area (Å²) in [5.41, 5.74) is 0.419. The summed E-state index contributed by atoms with van der Waals surface area (Å²) in [6.07, 6.45) is 4.23. The molecule has 1 aliphatic carbocycles. The van der Waals surface area contributed by atoms with E-state index in [2.05, 4.69) is 10.0 Å². The summed E-state index contributed by atoms with van der Waals surface area (Å²) < 4.78 is 32.1. The number of aromatic carboxylic acids is 1. The van der Waals surface area contributed by atoms with E-state index >= 15 is 0 Å². The first-order valence-electron chi connectivity index (χ1n) is 7.98. The number of hydrogen-bond donors (Lipinski definition) is 3. The minimum Gasteiger partial charge on any atom is -0.478 e. The number of sulfonamides is 1. The first-order chi connectivity index (χ1) is 11.3. The van der Waals surface area contributed by atoms with Gasteiger partial charge < -0.3 is 15.2 Å². The van der Waals surface area contributed by atoms with Crippen molar-refractivity contribution < 1.29 is 23.1 Å². The van der Waals surface area contributed by atoms with Crippen LogP contribution in [-0.2, 0) is 14.8 Å². The standard InChI is InChI=1S/C16H24N2O5S/c1-11(10-23-2)18-24(21,22)13-7-8-15(14(9-13)16(19)20)17-12-5-3-4-6-12/h7-9,11-12,17-18H,3-6,10H2,1-2H3,(H,19,20). The van der Waals surface area contributed by atoms with Crippen LogP contribution in [0, 0.1) is 0 Å². The van der Waals surface area contributed by atoms with Crippen LogP contribution in [0.2, 0.25) is 0 Å². The van der Waals surface area contributed by atoms with Crippen LogP contribution >= 0.6 is 0 Å². The molecule has 1 atom stereocenters. The Morgan fingerprint density at radius 2 is 2.04 bits per heavy atom. The molecule has 0 amide bonds. The highest BCUT2D eigenvalue weighted by Gasteiger charge is 2.22. The maximum atomic E-state index is 12.4. The van der Waals surface area contributed by atoms with Gasteiger partial charge in [-0.25, -0.2) is 17.9 Å². The van der Waals surface area contributed by atoms with Crippen molar-refractivity contribution in [2.45, 2.75) is 49.6 Å². The van der Waals surface area contributed by atoms with Crippen LogP contribution in [0.4, 0.5) is 5.69 Å². The van der Waals surface area contributed by atoms with E-state index in [-0.39, 0.29) is 23.1 Å². The maximum absolute atomic E-state index is 12.4. The maximum Gasteiger partial charge on any atom is 0.337 e. The van der Waals surface area contributed by atoms with Crippen LogP contribution < -0.4 is 10.0 Å². The second-order valence-corrected chi connectivity index (χ2v) is 7.83. The van der Waals surface area contributed by atoms with Crippen molar-refractivity contribution in [2.75, 3.05) is 19.0 Å². The Bertz CT molecular complexity index is 684. The molecule has 2 rings (SSSR count). The van der Waals surface area contributed by atoms with Gasteiger partial charge in [-0.3, -0.25) is 0 Å². The van der Waals surface area contributed by atoms with Gasteiger partial charge in [-0.1, -0.05) is 12.8 Å². The topological polar surface area (TPSA) is 105 Å². The number of benzene rings is 1. The average molecular weight is 356 g/mol. The van der Waals surface area contributed by atoms with Gasteiger partial charge in [-0.2, -0.15) is 0 Å². The summed E-state index contributed by atoms with van der Waals surface area (Å²) in [6, 6.07) is 3.97. The minimum absolute atomic E-state index is 0.0378. The number of rotatable bonds is 8. The Labute approximate surface area is 142 Å². The number of ether oxygens (including phenoxy) is 1. The lowest BCUT2D eigenvalue weighted by Crippen LogP contribution is -2.35. The molecule has 1 aromatic carbocycles. The van der Waals surface area contributed by atoms with Crippen LogP contribution in [-0.4, -0.2) is 45.3 Å². The third kappa shape index (κ3) is 4.68. The molecule has 3 N–H and O–H groups in total. The second kappa shape index (κ2) is 7.96. The van der Waals surface area contributed by atoms with Crippen LogP contribution in [0.3, 0.4) is 0 Å². The van der Waals surface area contributed by atoms with Crippen molar-refractivity contribution in [3.8, 4) is 0 Å². The summed E-state index contributed by atoms with van der Waals surface area (Å²) in [6.45, 7) is 1.90. The second-order valence-electron chi connectivity index (χ2n) is 6.12. The monoisotopic (exact) mass is 356 g/mol. The molecule has 0 aromatic heterocycles. The quantitative estimate of drug-likeness (QED) is 0.658. The molecule has 1 fully saturated rings. The molecule has 1 unspecified atom stereocenters. The normalized spacial score (nSPS) is 16.9. The van der Waals surface area contributed by atoms with E-state index in [1.165, 1.54) is 25.3 Å². The molecule has 0 aliphatic heterocycles. The van der Waals surface area contributed by atoms with Gasteiger partial charge in [0.05, 0.1) is 17.1 Å². The fourth-order valence-corrected chi connectivity index (χ4v) is 4.15. The fourth-order valence-electron chi connectivity index (χ4n) is 2.90. The Kier molecular flexibility index (Phi) is 6.20. The van der Waals surface area contributed by atoms with Crippen molar-refractivity contribution in [3.63, 3.8) is 0 Å². The summed E-state index contributed by atoms with van der Waals surface area (Å²) >= 11 is 0. The Hall–Kier alpha value is -1.64. The summed E-state index contributed by atoms with van der Waals surface area (Å²) in [7, 11) is -2.32. The number of carboxylic acid groups (broad SMARTS) is 1. The van der Waals surface area contributed by atoms with Gasteiger partial charge in [-0.05, 0) is 38.0 Å². The van der Waals surface area contributed by atoms with E-state index in [1.54, 1.807) is 6.92 Å². The molecule has 7 nitrogen and oxygen atoms in total. The SMILES string of the molecule is COCC(C)NS(=O)(=O)c1ccc(NC2CCCC2)c(C(=O)O)c1. The number of nitrogens with one attached hydrogen (secondary N) is 2. The molecule has 8 heteroatoms. The van der Waals surface area contributed by atoms with Gasteiger partial charge in [-0.15, -0.1) is 0 Å². The number of hydrogen-bond acceptors (Lipinski definition) is 5. The van der Waals surface area contributed by atoms with Crippen molar-refractivity contribution in [3.05, 3.63) is 23.8 Å². The number of carboxylic acids is 1. The minimum atomic E-state index is -3.80. The molecule has 0 spiro atoms. The lowest BCUT2D eigenvalue weighted by Gasteiger charge is -2.17. The van der Waals surface area contributed by atoms with Crippen LogP contribution in [0.25, 0.3) is 0 Å². The Balaban J connectivity index is 2.25. The first kappa shape index (κ1) is 18.7.